The molecular formula is C27H25F3N6O2S. The highest BCUT2D eigenvalue weighted by Gasteiger charge is 2.30. The Hall–Kier alpha value is -3.77. The number of thioether (sulfide) groups is 1. The van der Waals surface area contributed by atoms with Gasteiger partial charge in [0.25, 0.3) is 11.1 Å². The molecule has 0 bridgehead atoms. The molecule has 12 heteroatoms. The average molecular weight is 555 g/mol. The summed E-state index contributed by atoms with van der Waals surface area (Å²) in [4.78, 5) is 36.6. The lowest BCUT2D eigenvalue weighted by Gasteiger charge is -2.30. The molecule has 202 valence electrons. The number of pyridine rings is 1. The van der Waals surface area contributed by atoms with E-state index in [9.17, 15) is 22.8 Å². The molecule has 1 saturated carbocycles. The van der Waals surface area contributed by atoms with Gasteiger partial charge < -0.3 is 10.6 Å². The lowest BCUT2D eigenvalue weighted by molar-refractivity contribution is -0.137. The Morgan fingerprint density at radius 2 is 1.72 bits per heavy atom. The predicted molar refractivity (Wildman–Crippen MR) is 142 cm³/mol. The molecule has 2 aromatic heterocycles. The Balaban J connectivity index is 1.14. The van der Waals surface area contributed by atoms with Crippen LogP contribution in [0.2, 0.25) is 0 Å². The number of alkyl halides is 3. The van der Waals surface area contributed by atoms with Crippen molar-refractivity contribution in [1.29, 1.82) is 0 Å². The fourth-order valence-corrected chi connectivity index (χ4v) is 5.28. The van der Waals surface area contributed by atoms with Crippen molar-refractivity contribution in [3.05, 3.63) is 76.6 Å². The van der Waals surface area contributed by atoms with E-state index < -0.39 is 22.9 Å². The molecule has 0 radical (unpaired) electrons. The van der Waals surface area contributed by atoms with Gasteiger partial charge >= 0.3 is 6.18 Å². The third kappa shape index (κ3) is 6.82. The number of benzene rings is 1. The topological polar surface area (TPSA) is 109 Å². The molecule has 5 rings (SSSR count). The zero-order chi connectivity index (χ0) is 27.4. The first-order chi connectivity index (χ1) is 18.7. The summed E-state index contributed by atoms with van der Waals surface area (Å²) in [5.74, 6) is 0.0359. The van der Waals surface area contributed by atoms with E-state index in [1.807, 2.05) is 12.1 Å². The van der Waals surface area contributed by atoms with E-state index in [1.165, 1.54) is 12.1 Å². The second kappa shape index (κ2) is 11.5. The minimum atomic E-state index is -4.37. The van der Waals surface area contributed by atoms with Crippen LogP contribution < -0.4 is 16.0 Å². The Kier molecular flexibility index (Phi) is 7.94. The van der Waals surface area contributed by atoms with Gasteiger partial charge in [0.2, 0.25) is 5.95 Å². The zero-order valence-corrected chi connectivity index (χ0v) is 21.5. The number of carbonyl (C=O) groups is 2. The Morgan fingerprint density at radius 3 is 2.41 bits per heavy atom. The molecule has 0 spiro atoms. The highest BCUT2D eigenvalue weighted by molar-refractivity contribution is 8.18. The van der Waals surface area contributed by atoms with Crippen LogP contribution in [0.3, 0.4) is 0 Å². The van der Waals surface area contributed by atoms with Crippen molar-refractivity contribution >= 4 is 34.9 Å². The maximum atomic E-state index is 12.9. The number of aromatic nitrogens is 3. The molecule has 0 atom stereocenters. The van der Waals surface area contributed by atoms with E-state index in [4.69, 9.17) is 0 Å². The summed E-state index contributed by atoms with van der Waals surface area (Å²) in [5, 5.41) is 8.76. The van der Waals surface area contributed by atoms with Gasteiger partial charge in [0.15, 0.2) is 0 Å². The molecule has 1 aliphatic carbocycles. The number of halogens is 3. The number of carbonyl (C=O) groups excluding carboxylic acids is 2. The van der Waals surface area contributed by atoms with Gasteiger partial charge in [-0.15, -0.1) is 0 Å². The van der Waals surface area contributed by atoms with Crippen LogP contribution in [0.4, 0.5) is 23.9 Å². The van der Waals surface area contributed by atoms with E-state index in [2.05, 4.69) is 30.9 Å². The van der Waals surface area contributed by atoms with Crippen molar-refractivity contribution in [3.63, 3.8) is 0 Å². The zero-order valence-electron chi connectivity index (χ0n) is 20.7. The smallest absolute Gasteiger partial charge is 0.351 e. The summed E-state index contributed by atoms with van der Waals surface area (Å²) in [6.45, 7) is 0.556. The van der Waals surface area contributed by atoms with Gasteiger partial charge in [0.1, 0.15) is 0 Å². The number of anilines is 1. The number of imide groups is 1. The van der Waals surface area contributed by atoms with E-state index >= 15 is 0 Å². The second-order valence-electron chi connectivity index (χ2n) is 9.32. The predicted octanol–water partition coefficient (Wildman–Crippen LogP) is 5.39. The van der Waals surface area contributed by atoms with Gasteiger partial charge in [0.05, 0.1) is 21.9 Å². The lowest BCUT2D eigenvalue weighted by atomic mass is 9.91. The van der Waals surface area contributed by atoms with Crippen LogP contribution in [0.25, 0.3) is 17.3 Å². The van der Waals surface area contributed by atoms with Crippen molar-refractivity contribution in [1.82, 2.24) is 25.6 Å². The largest absolute Gasteiger partial charge is 0.416 e. The molecule has 2 aliphatic rings. The summed E-state index contributed by atoms with van der Waals surface area (Å²) in [5.41, 5.74) is 2.09. The number of hydrogen-bond acceptors (Lipinski definition) is 8. The maximum Gasteiger partial charge on any atom is 0.416 e. The number of rotatable bonds is 7. The van der Waals surface area contributed by atoms with Crippen LogP contribution in [-0.2, 0) is 17.5 Å². The Labute approximate surface area is 226 Å². The van der Waals surface area contributed by atoms with Crippen molar-refractivity contribution < 1.29 is 22.8 Å². The third-order valence-electron chi connectivity index (χ3n) is 6.62. The van der Waals surface area contributed by atoms with Gasteiger partial charge in [-0.3, -0.25) is 19.9 Å². The van der Waals surface area contributed by atoms with Crippen molar-refractivity contribution in [2.45, 2.75) is 50.5 Å². The standard InChI is InChI=1S/C27H25F3N6O2S/c28-27(29,30)18-5-3-16(4-6-18)23-17(2-1-12-31-23)15-33-19-7-9-20(10-8-19)34-25-32-13-11-21(35-25)14-22-24(37)36-26(38)39-22/h1-6,11-14,19-20,33H,7-10,15H2,(H,32,34,35)(H,36,37,38)/b22-14+. The van der Waals surface area contributed by atoms with Gasteiger partial charge in [-0.2, -0.15) is 13.2 Å². The van der Waals surface area contributed by atoms with Gasteiger partial charge in [0, 0.05) is 36.6 Å². The molecule has 2 fully saturated rings. The van der Waals surface area contributed by atoms with Crippen LogP contribution in [0, 0.1) is 0 Å². The molecule has 1 aromatic carbocycles. The fourth-order valence-electron chi connectivity index (χ4n) is 4.61. The average Bonchev–Trinajstić information content (AvgIpc) is 3.24. The number of nitrogens with one attached hydrogen (secondary N) is 3. The Morgan fingerprint density at radius 1 is 0.974 bits per heavy atom. The summed E-state index contributed by atoms with van der Waals surface area (Å²) in [6.07, 6.45) is 4.10. The first-order valence-electron chi connectivity index (χ1n) is 12.4. The molecule has 1 aliphatic heterocycles. The van der Waals surface area contributed by atoms with E-state index in [-0.39, 0.29) is 12.1 Å². The number of nitrogens with zero attached hydrogens (tertiary/aromatic N) is 3. The molecule has 0 unspecified atom stereocenters. The quantitative estimate of drug-likeness (QED) is 0.334. The molecule has 1 saturated heterocycles. The fraction of sp³-hybridized carbons (Fsp3) is 0.296. The van der Waals surface area contributed by atoms with Crippen molar-refractivity contribution in [2.24, 2.45) is 0 Å². The molecule has 3 aromatic rings. The molecule has 8 nitrogen and oxygen atoms in total. The minimum absolute atomic E-state index is 0.192. The first kappa shape index (κ1) is 26.8. The summed E-state index contributed by atoms with van der Waals surface area (Å²) in [6, 6.07) is 11.0. The summed E-state index contributed by atoms with van der Waals surface area (Å²) < 4.78 is 38.8. The van der Waals surface area contributed by atoms with Gasteiger partial charge in [-0.25, -0.2) is 9.97 Å². The number of hydrogen-bond donors (Lipinski definition) is 3. The highest BCUT2D eigenvalue weighted by atomic mass is 32.2. The normalized spacial score (nSPS) is 20.7. The monoisotopic (exact) mass is 554 g/mol. The number of amides is 2. The molecule has 3 N–H and O–H groups in total. The van der Waals surface area contributed by atoms with Crippen molar-refractivity contribution in [3.8, 4) is 11.3 Å². The molecule has 2 amide bonds. The first-order valence-corrected chi connectivity index (χ1v) is 13.3. The second-order valence-corrected chi connectivity index (χ2v) is 10.3. The minimum Gasteiger partial charge on any atom is -0.351 e. The van der Waals surface area contributed by atoms with Crippen LogP contribution in [0.5, 0.6) is 0 Å². The van der Waals surface area contributed by atoms with Crippen LogP contribution in [0.1, 0.15) is 42.5 Å². The van der Waals surface area contributed by atoms with Crippen LogP contribution >= 0.6 is 11.8 Å². The molecule has 39 heavy (non-hydrogen) atoms. The SMILES string of the molecule is O=C1NC(=O)/C(=C\c2ccnc(NC3CCC(NCc4cccnc4-c4ccc(C(F)(F)F)cc4)CC3)n2)S1. The van der Waals surface area contributed by atoms with E-state index in [0.29, 0.717) is 34.3 Å². The van der Waals surface area contributed by atoms with Crippen LogP contribution in [-0.4, -0.2) is 38.2 Å². The van der Waals surface area contributed by atoms with Gasteiger partial charge in [-0.1, -0.05) is 18.2 Å². The third-order valence-corrected chi connectivity index (χ3v) is 7.43. The van der Waals surface area contributed by atoms with Crippen LogP contribution in [0.15, 0.2) is 59.8 Å². The molecular weight excluding hydrogens is 529 g/mol. The summed E-state index contributed by atoms with van der Waals surface area (Å²) >= 11 is 0.843. The maximum absolute atomic E-state index is 12.9. The lowest BCUT2D eigenvalue weighted by Crippen LogP contribution is -2.37. The summed E-state index contributed by atoms with van der Waals surface area (Å²) in [7, 11) is 0. The Bertz CT molecular complexity index is 1390. The van der Waals surface area contributed by atoms with Gasteiger partial charge in [-0.05, 0) is 73.4 Å². The molecule has 3 heterocycles. The van der Waals surface area contributed by atoms with E-state index in [0.717, 1.165) is 55.1 Å². The van der Waals surface area contributed by atoms with Crippen molar-refractivity contribution in [2.75, 3.05) is 5.32 Å². The van der Waals surface area contributed by atoms with E-state index in [1.54, 1.807) is 24.5 Å². The highest BCUT2D eigenvalue weighted by Crippen LogP contribution is 2.31.